The van der Waals surface area contributed by atoms with Crippen LogP contribution in [0.1, 0.15) is 36.9 Å². The van der Waals surface area contributed by atoms with E-state index in [0.29, 0.717) is 12.0 Å². The van der Waals surface area contributed by atoms with Gasteiger partial charge >= 0.3 is 0 Å². The highest BCUT2D eigenvalue weighted by Crippen LogP contribution is 2.21. The van der Waals surface area contributed by atoms with Gasteiger partial charge < -0.3 is 5.32 Å². The van der Waals surface area contributed by atoms with E-state index in [9.17, 15) is 0 Å². The molecule has 1 N–H and O–H groups in total. The molecule has 0 saturated carbocycles. The molecule has 0 radical (unpaired) electrons. The van der Waals surface area contributed by atoms with Crippen LogP contribution in [0.15, 0.2) is 5.38 Å². The van der Waals surface area contributed by atoms with Gasteiger partial charge in [0.1, 0.15) is 0 Å². The van der Waals surface area contributed by atoms with Crippen molar-refractivity contribution in [1.29, 1.82) is 0 Å². The topological polar surface area (TPSA) is 28.2 Å². The van der Waals surface area contributed by atoms with Gasteiger partial charge in [-0.05, 0) is 13.5 Å². The number of rotatable bonds is 4. The highest BCUT2D eigenvalue weighted by Gasteiger charge is 2.21. The summed E-state index contributed by atoms with van der Waals surface area (Å²) in [4.78, 5) is 7.17. The number of aromatic nitrogens is 1. The third-order valence-electron chi connectivity index (χ3n) is 3.13. The van der Waals surface area contributed by atoms with Gasteiger partial charge in [0.2, 0.25) is 0 Å². The molecule has 1 atom stereocenters. The average molecular weight is 239 g/mol. The van der Waals surface area contributed by atoms with E-state index < -0.39 is 0 Å². The molecule has 1 aliphatic rings. The summed E-state index contributed by atoms with van der Waals surface area (Å²) in [5, 5.41) is 6.82. The molecule has 1 aromatic rings. The number of nitrogens with one attached hydrogen (secondary N) is 1. The molecule has 0 spiro atoms. The lowest BCUT2D eigenvalue weighted by atomic mass is 10.2. The van der Waals surface area contributed by atoms with Gasteiger partial charge in [-0.15, -0.1) is 11.3 Å². The quantitative estimate of drug-likeness (QED) is 0.872. The number of thiazole rings is 1. The van der Waals surface area contributed by atoms with Crippen LogP contribution in [-0.4, -0.2) is 36.1 Å². The van der Waals surface area contributed by atoms with Gasteiger partial charge in [-0.2, -0.15) is 0 Å². The van der Waals surface area contributed by atoms with Crippen molar-refractivity contribution in [1.82, 2.24) is 15.2 Å². The van der Waals surface area contributed by atoms with Crippen LogP contribution in [0.2, 0.25) is 0 Å². The van der Waals surface area contributed by atoms with Crippen molar-refractivity contribution in [2.24, 2.45) is 0 Å². The van der Waals surface area contributed by atoms with Crippen molar-refractivity contribution >= 4 is 11.3 Å². The first-order chi connectivity index (χ1) is 7.69. The van der Waals surface area contributed by atoms with Crippen LogP contribution in [0, 0.1) is 0 Å². The van der Waals surface area contributed by atoms with E-state index in [2.05, 4.69) is 34.4 Å². The fraction of sp³-hybridized carbons (Fsp3) is 0.750. The van der Waals surface area contributed by atoms with E-state index in [-0.39, 0.29) is 0 Å². The van der Waals surface area contributed by atoms with E-state index >= 15 is 0 Å². The zero-order chi connectivity index (χ0) is 11.5. The predicted molar refractivity (Wildman–Crippen MR) is 68.9 cm³/mol. The van der Waals surface area contributed by atoms with Crippen molar-refractivity contribution in [2.75, 3.05) is 20.1 Å². The van der Waals surface area contributed by atoms with Crippen molar-refractivity contribution < 1.29 is 0 Å². The number of nitrogens with zero attached hydrogens (tertiary/aromatic N) is 2. The van der Waals surface area contributed by atoms with Crippen LogP contribution in [0.25, 0.3) is 0 Å². The first-order valence-corrected chi connectivity index (χ1v) is 6.91. The van der Waals surface area contributed by atoms with Crippen molar-refractivity contribution in [3.63, 3.8) is 0 Å². The summed E-state index contributed by atoms with van der Waals surface area (Å²) < 4.78 is 0. The summed E-state index contributed by atoms with van der Waals surface area (Å²) in [5.41, 5.74) is 1.24. The minimum atomic E-state index is 0.558. The molecule has 0 amide bonds. The number of hydrogen-bond donors (Lipinski definition) is 1. The Morgan fingerprint density at radius 3 is 3.00 bits per heavy atom. The van der Waals surface area contributed by atoms with Crippen LogP contribution >= 0.6 is 11.3 Å². The van der Waals surface area contributed by atoms with Gasteiger partial charge in [0.25, 0.3) is 0 Å². The summed E-state index contributed by atoms with van der Waals surface area (Å²) in [5.74, 6) is 0.558. The van der Waals surface area contributed by atoms with Gasteiger partial charge in [0.05, 0.1) is 10.7 Å². The lowest BCUT2D eigenvalue weighted by Gasteiger charge is -2.14. The zero-order valence-electron chi connectivity index (χ0n) is 10.4. The lowest BCUT2D eigenvalue weighted by molar-refractivity contribution is 0.319. The molecule has 1 fully saturated rings. The zero-order valence-corrected chi connectivity index (χ0v) is 11.2. The molecule has 2 rings (SSSR count). The Hall–Kier alpha value is -0.450. The molecule has 1 unspecified atom stereocenters. The van der Waals surface area contributed by atoms with E-state index in [1.807, 2.05) is 7.05 Å². The predicted octanol–water partition coefficient (Wildman–Crippen LogP) is 2.06. The maximum atomic E-state index is 4.68. The first-order valence-electron chi connectivity index (χ1n) is 6.03. The molecule has 4 heteroatoms. The maximum Gasteiger partial charge on any atom is 0.0954 e. The molecule has 1 saturated heterocycles. The highest BCUT2D eigenvalue weighted by atomic mass is 32.1. The minimum Gasteiger partial charge on any atom is -0.316 e. The van der Waals surface area contributed by atoms with Crippen LogP contribution in [0.5, 0.6) is 0 Å². The summed E-state index contributed by atoms with van der Waals surface area (Å²) in [6, 6.07) is 0.670. The first kappa shape index (κ1) is 12.0. The Morgan fingerprint density at radius 2 is 2.44 bits per heavy atom. The average Bonchev–Trinajstić information content (AvgIpc) is 2.87. The normalized spacial score (nSPS) is 22.1. The van der Waals surface area contributed by atoms with Gasteiger partial charge in [0.15, 0.2) is 0 Å². The molecule has 0 aliphatic carbocycles. The second-order valence-corrected chi connectivity index (χ2v) is 5.73. The third kappa shape index (κ3) is 2.81. The Bertz CT molecular complexity index is 335. The van der Waals surface area contributed by atoms with E-state index in [4.69, 9.17) is 0 Å². The third-order valence-corrected chi connectivity index (χ3v) is 4.32. The molecule has 1 aromatic heterocycles. The van der Waals surface area contributed by atoms with Crippen LogP contribution < -0.4 is 5.32 Å². The van der Waals surface area contributed by atoms with Crippen LogP contribution in [-0.2, 0) is 6.54 Å². The summed E-state index contributed by atoms with van der Waals surface area (Å²) in [6.45, 7) is 7.78. The minimum absolute atomic E-state index is 0.558. The Balaban J connectivity index is 1.89. The van der Waals surface area contributed by atoms with E-state index in [0.717, 1.165) is 13.1 Å². The standard InChI is InChI=1S/C12H21N3S/c1-9(2)12-14-11(8-16-12)7-15-5-4-10(6-15)13-3/h8-10,13H,4-7H2,1-3H3. The summed E-state index contributed by atoms with van der Waals surface area (Å²) in [7, 11) is 2.05. The SMILES string of the molecule is CNC1CCN(Cc2csc(C(C)C)n2)C1. The maximum absolute atomic E-state index is 4.68. The number of likely N-dealkylation sites (N-methyl/N-ethyl adjacent to an activating group) is 1. The van der Waals surface area contributed by atoms with Crippen molar-refractivity contribution in [3.05, 3.63) is 16.1 Å². The highest BCUT2D eigenvalue weighted by molar-refractivity contribution is 7.09. The van der Waals surface area contributed by atoms with Crippen LogP contribution in [0.4, 0.5) is 0 Å². The fourth-order valence-corrected chi connectivity index (χ4v) is 2.93. The smallest absolute Gasteiger partial charge is 0.0954 e. The lowest BCUT2D eigenvalue weighted by Crippen LogP contribution is -2.29. The van der Waals surface area contributed by atoms with Crippen LogP contribution in [0.3, 0.4) is 0 Å². The number of likely N-dealkylation sites (tertiary alicyclic amines) is 1. The molecular formula is C12H21N3S. The molecule has 0 bridgehead atoms. The Morgan fingerprint density at radius 1 is 1.62 bits per heavy atom. The van der Waals surface area contributed by atoms with E-state index in [1.54, 1.807) is 11.3 Å². The molecular weight excluding hydrogens is 218 g/mol. The molecule has 3 nitrogen and oxygen atoms in total. The number of hydrogen-bond acceptors (Lipinski definition) is 4. The second kappa shape index (κ2) is 5.25. The fourth-order valence-electron chi connectivity index (χ4n) is 2.10. The Labute approximate surface area is 102 Å². The summed E-state index contributed by atoms with van der Waals surface area (Å²) in [6.07, 6.45) is 1.26. The molecule has 16 heavy (non-hydrogen) atoms. The molecule has 2 heterocycles. The molecule has 1 aliphatic heterocycles. The monoisotopic (exact) mass is 239 g/mol. The molecule has 0 aromatic carbocycles. The Kier molecular flexibility index (Phi) is 3.95. The van der Waals surface area contributed by atoms with Crippen molar-refractivity contribution in [3.8, 4) is 0 Å². The van der Waals surface area contributed by atoms with E-state index in [1.165, 1.54) is 23.7 Å². The van der Waals surface area contributed by atoms with Gasteiger partial charge in [-0.25, -0.2) is 4.98 Å². The second-order valence-electron chi connectivity index (χ2n) is 4.84. The largest absolute Gasteiger partial charge is 0.316 e. The molecule has 90 valence electrons. The summed E-state index contributed by atoms with van der Waals surface area (Å²) >= 11 is 1.79. The van der Waals surface area contributed by atoms with Gasteiger partial charge in [-0.1, -0.05) is 13.8 Å². The van der Waals surface area contributed by atoms with Gasteiger partial charge in [-0.3, -0.25) is 4.90 Å². The van der Waals surface area contributed by atoms with Gasteiger partial charge in [0, 0.05) is 37.0 Å². The van der Waals surface area contributed by atoms with Crippen molar-refractivity contribution in [2.45, 2.75) is 38.8 Å².